The van der Waals surface area contributed by atoms with Gasteiger partial charge in [-0.1, -0.05) is 36.4 Å². The molecule has 0 aromatic heterocycles. The first kappa shape index (κ1) is 21.6. The summed E-state index contributed by atoms with van der Waals surface area (Å²) in [6.45, 7) is 3.21. The Morgan fingerprint density at radius 1 is 1.00 bits per heavy atom. The number of esters is 1. The van der Waals surface area contributed by atoms with Gasteiger partial charge in [0.2, 0.25) is 10.0 Å². The summed E-state index contributed by atoms with van der Waals surface area (Å²) in [5.74, 6) is -1.000. The lowest BCUT2D eigenvalue weighted by Crippen LogP contribution is -2.40. The second kappa shape index (κ2) is 10.0. The summed E-state index contributed by atoms with van der Waals surface area (Å²) < 4.78 is 31.5. The number of carbonyl (C=O) groups excluding carboxylic acids is 2. The minimum absolute atomic E-state index is 0.105. The number of benzene rings is 2. The van der Waals surface area contributed by atoms with Crippen LogP contribution in [-0.2, 0) is 24.3 Å². The van der Waals surface area contributed by atoms with Gasteiger partial charge in [-0.3, -0.25) is 9.59 Å². The fraction of sp³-hybridized carbons (Fsp3) is 0.300. The lowest BCUT2D eigenvalue weighted by Gasteiger charge is -2.26. The van der Waals surface area contributed by atoms with Gasteiger partial charge >= 0.3 is 5.97 Å². The lowest BCUT2D eigenvalue weighted by molar-refractivity contribution is -0.147. The highest BCUT2D eigenvalue weighted by molar-refractivity contribution is 7.89. The van der Waals surface area contributed by atoms with E-state index in [0.717, 1.165) is 0 Å². The van der Waals surface area contributed by atoms with Crippen molar-refractivity contribution in [2.45, 2.75) is 31.2 Å². The fourth-order valence-electron chi connectivity index (χ4n) is 2.57. The first-order chi connectivity index (χ1) is 13.3. The van der Waals surface area contributed by atoms with Gasteiger partial charge in [0.05, 0.1) is 11.3 Å². The number of amides is 1. The molecule has 0 saturated carbocycles. The molecule has 1 N–H and O–H groups in total. The van der Waals surface area contributed by atoms with E-state index < -0.39 is 22.6 Å². The predicted octanol–water partition coefficient (Wildman–Crippen LogP) is 2.34. The summed E-state index contributed by atoms with van der Waals surface area (Å²) in [5.41, 5.74) is 0.717. The lowest BCUT2D eigenvalue weighted by atomic mass is 10.2. The summed E-state index contributed by atoms with van der Waals surface area (Å²) in [4.78, 5) is 26.0. The molecule has 0 radical (unpaired) electrons. The maximum atomic E-state index is 12.4. The highest BCUT2D eigenvalue weighted by Crippen LogP contribution is 2.16. The molecule has 28 heavy (non-hydrogen) atoms. The van der Waals surface area contributed by atoms with E-state index in [-0.39, 0.29) is 29.8 Å². The largest absolute Gasteiger partial charge is 0.456 e. The number of hydrogen-bond donors (Lipinski definition) is 1. The molecule has 0 atom stereocenters. The van der Waals surface area contributed by atoms with Crippen molar-refractivity contribution in [3.8, 4) is 0 Å². The number of rotatable bonds is 9. The number of para-hydroxylation sites is 1. The minimum Gasteiger partial charge on any atom is -0.456 e. The molecule has 0 saturated heterocycles. The van der Waals surface area contributed by atoms with Crippen molar-refractivity contribution in [2.24, 2.45) is 0 Å². The number of carbonyl (C=O) groups is 2. The molecule has 0 aliphatic carbocycles. The van der Waals surface area contributed by atoms with Crippen molar-refractivity contribution in [3.05, 3.63) is 60.7 Å². The molecular weight excluding hydrogens is 380 g/mol. The second-order valence-corrected chi connectivity index (χ2v) is 8.08. The zero-order chi connectivity index (χ0) is 20.6. The zero-order valence-electron chi connectivity index (χ0n) is 15.9. The molecule has 2 rings (SSSR count). The van der Waals surface area contributed by atoms with Gasteiger partial charge in [0.1, 0.15) is 0 Å². The third-order valence-corrected chi connectivity index (χ3v) is 5.33. The Morgan fingerprint density at radius 2 is 1.57 bits per heavy atom. The van der Waals surface area contributed by atoms with E-state index in [4.69, 9.17) is 4.74 Å². The van der Waals surface area contributed by atoms with Gasteiger partial charge in [-0.15, -0.1) is 0 Å². The maximum absolute atomic E-state index is 12.4. The van der Waals surface area contributed by atoms with Crippen LogP contribution < -0.4 is 9.62 Å². The van der Waals surface area contributed by atoms with Crippen LogP contribution in [0.15, 0.2) is 65.6 Å². The molecule has 0 aliphatic rings. The van der Waals surface area contributed by atoms with Crippen LogP contribution in [0.2, 0.25) is 0 Å². The van der Waals surface area contributed by atoms with E-state index in [2.05, 4.69) is 4.72 Å². The van der Waals surface area contributed by atoms with Gasteiger partial charge in [0.25, 0.3) is 5.91 Å². The van der Waals surface area contributed by atoms with Gasteiger partial charge in [-0.25, -0.2) is 13.1 Å². The van der Waals surface area contributed by atoms with Crippen LogP contribution in [0.3, 0.4) is 0 Å². The molecule has 0 aliphatic heterocycles. The molecule has 1 amide bonds. The third-order valence-electron chi connectivity index (χ3n) is 3.85. The van der Waals surface area contributed by atoms with Crippen LogP contribution in [0.25, 0.3) is 0 Å². The number of nitrogens with zero attached hydrogens (tertiary/aromatic N) is 1. The highest BCUT2D eigenvalue weighted by atomic mass is 32.2. The summed E-state index contributed by atoms with van der Waals surface area (Å²) in [5, 5.41) is 0. The molecule has 0 heterocycles. The minimum atomic E-state index is -3.68. The Balaban J connectivity index is 1.82. The van der Waals surface area contributed by atoms with Crippen LogP contribution in [0.4, 0.5) is 5.69 Å². The zero-order valence-corrected chi connectivity index (χ0v) is 16.7. The topological polar surface area (TPSA) is 92.8 Å². The molecule has 8 heteroatoms. The number of anilines is 1. The van der Waals surface area contributed by atoms with Crippen molar-refractivity contribution in [1.82, 2.24) is 4.72 Å². The summed E-state index contributed by atoms with van der Waals surface area (Å²) in [6.07, 6.45) is -0.174. The van der Waals surface area contributed by atoms with E-state index in [9.17, 15) is 18.0 Å². The fourth-order valence-corrected chi connectivity index (χ4v) is 3.63. The van der Waals surface area contributed by atoms with E-state index >= 15 is 0 Å². The van der Waals surface area contributed by atoms with Crippen LogP contribution in [-0.4, -0.2) is 39.5 Å². The summed E-state index contributed by atoms with van der Waals surface area (Å²) >= 11 is 0. The molecule has 0 spiro atoms. The Kier molecular flexibility index (Phi) is 7.71. The summed E-state index contributed by atoms with van der Waals surface area (Å²) in [6, 6.07) is 16.9. The van der Waals surface area contributed by atoms with Gasteiger partial charge in [-0.05, 0) is 38.1 Å². The summed E-state index contributed by atoms with van der Waals surface area (Å²) in [7, 11) is -3.68. The van der Waals surface area contributed by atoms with Crippen molar-refractivity contribution < 1.29 is 22.7 Å². The Hall–Kier alpha value is -2.71. The van der Waals surface area contributed by atoms with Crippen LogP contribution >= 0.6 is 0 Å². The Morgan fingerprint density at radius 3 is 2.14 bits per heavy atom. The molecule has 0 fully saturated rings. The molecule has 150 valence electrons. The van der Waals surface area contributed by atoms with Crippen molar-refractivity contribution >= 4 is 27.6 Å². The molecular formula is C20H24N2O5S. The quantitative estimate of drug-likeness (QED) is 0.648. The smallest absolute Gasteiger partial charge is 0.307 e. The van der Waals surface area contributed by atoms with E-state index in [1.807, 2.05) is 32.0 Å². The van der Waals surface area contributed by atoms with E-state index in [1.54, 1.807) is 35.2 Å². The van der Waals surface area contributed by atoms with Gasteiger partial charge in [-0.2, -0.15) is 0 Å². The van der Waals surface area contributed by atoms with Crippen LogP contribution in [0.5, 0.6) is 0 Å². The van der Waals surface area contributed by atoms with Gasteiger partial charge in [0.15, 0.2) is 6.61 Å². The Labute approximate surface area is 165 Å². The molecule has 0 unspecified atom stereocenters. The average Bonchev–Trinajstić information content (AvgIpc) is 2.67. The molecule has 0 bridgehead atoms. The van der Waals surface area contributed by atoms with Gasteiger partial charge < -0.3 is 9.64 Å². The monoisotopic (exact) mass is 404 g/mol. The number of nitrogens with one attached hydrogen (secondary N) is 1. The number of hydrogen-bond acceptors (Lipinski definition) is 5. The molecule has 2 aromatic carbocycles. The SMILES string of the molecule is CC(C)N(C(=O)COC(=O)CCNS(=O)(=O)c1ccccc1)c1ccccc1. The van der Waals surface area contributed by atoms with Crippen LogP contribution in [0.1, 0.15) is 20.3 Å². The molecule has 7 nitrogen and oxygen atoms in total. The Bertz CT molecular complexity index is 883. The van der Waals surface area contributed by atoms with Crippen LogP contribution in [0, 0.1) is 0 Å². The normalized spacial score (nSPS) is 11.2. The van der Waals surface area contributed by atoms with Gasteiger partial charge in [0, 0.05) is 18.3 Å². The van der Waals surface area contributed by atoms with Crippen molar-refractivity contribution in [1.29, 1.82) is 0 Å². The standard InChI is InChI=1S/C20H24N2O5S/c1-16(2)22(17-9-5-3-6-10-17)19(23)15-27-20(24)13-14-21-28(25,26)18-11-7-4-8-12-18/h3-12,16,21H,13-15H2,1-2H3. The highest BCUT2D eigenvalue weighted by Gasteiger charge is 2.20. The first-order valence-corrected chi connectivity index (χ1v) is 10.4. The average molecular weight is 404 g/mol. The third kappa shape index (κ3) is 6.17. The predicted molar refractivity (Wildman–Crippen MR) is 106 cm³/mol. The number of ether oxygens (including phenoxy) is 1. The van der Waals surface area contributed by atoms with Crippen molar-refractivity contribution in [2.75, 3.05) is 18.1 Å². The maximum Gasteiger partial charge on any atom is 0.307 e. The second-order valence-electron chi connectivity index (χ2n) is 6.31. The first-order valence-electron chi connectivity index (χ1n) is 8.88. The molecule has 2 aromatic rings. The van der Waals surface area contributed by atoms with E-state index in [1.165, 1.54) is 12.1 Å². The van der Waals surface area contributed by atoms with Crippen molar-refractivity contribution in [3.63, 3.8) is 0 Å². The van der Waals surface area contributed by atoms with E-state index in [0.29, 0.717) is 5.69 Å². The number of sulfonamides is 1.